The molecule has 2 atom stereocenters. The Bertz CT molecular complexity index is 450. The van der Waals surface area contributed by atoms with Gasteiger partial charge in [-0.1, -0.05) is 11.8 Å². The zero-order chi connectivity index (χ0) is 13.3. The molecule has 3 rings (SSSR count). The fraction of sp³-hybridized carbons (Fsp3) is 0.750. The van der Waals surface area contributed by atoms with Crippen molar-refractivity contribution in [2.75, 3.05) is 7.11 Å². The first-order chi connectivity index (χ1) is 9.22. The van der Waals surface area contributed by atoms with Crippen LogP contribution in [0, 0.1) is 0 Å². The summed E-state index contributed by atoms with van der Waals surface area (Å²) in [4.78, 5) is 16.3. The molecule has 0 aliphatic heterocycles. The van der Waals surface area contributed by atoms with Gasteiger partial charge in [-0.25, -0.2) is 4.98 Å². The Morgan fingerprint density at radius 3 is 3.05 bits per heavy atom. The Hall–Kier alpha value is -0.660. The molecule has 2 aliphatic rings. The average molecular weight is 299 g/mol. The van der Waals surface area contributed by atoms with Crippen LogP contribution in [0.1, 0.15) is 32.1 Å². The molecule has 1 aromatic rings. The highest BCUT2D eigenvalue weighted by Gasteiger charge is 2.49. The first kappa shape index (κ1) is 13.3. The van der Waals surface area contributed by atoms with Gasteiger partial charge in [0.2, 0.25) is 0 Å². The van der Waals surface area contributed by atoms with Gasteiger partial charge in [-0.15, -0.1) is 0 Å². The van der Waals surface area contributed by atoms with Gasteiger partial charge in [0, 0.05) is 11.3 Å². The molecule has 2 saturated carbocycles. The quantitative estimate of drug-likeness (QED) is 0.837. The van der Waals surface area contributed by atoms with Crippen molar-refractivity contribution in [3.05, 3.63) is 6.33 Å². The van der Waals surface area contributed by atoms with Crippen LogP contribution in [0.3, 0.4) is 0 Å². The van der Waals surface area contributed by atoms with Gasteiger partial charge >= 0.3 is 5.97 Å². The van der Waals surface area contributed by atoms with E-state index in [9.17, 15) is 4.79 Å². The number of hydrogen-bond acceptors (Lipinski definition) is 7. The molecule has 0 aromatic carbocycles. The number of nitrogens with zero attached hydrogens (tertiary/aromatic N) is 2. The smallest absolute Gasteiger partial charge is 0.326 e. The molecule has 7 heteroatoms. The van der Waals surface area contributed by atoms with Crippen molar-refractivity contribution >= 4 is 29.3 Å². The van der Waals surface area contributed by atoms with E-state index in [-0.39, 0.29) is 5.97 Å². The molecule has 0 saturated heterocycles. The van der Waals surface area contributed by atoms with Crippen LogP contribution in [-0.2, 0) is 9.53 Å². The van der Waals surface area contributed by atoms with Crippen LogP contribution in [0.2, 0.25) is 0 Å². The highest BCUT2D eigenvalue weighted by molar-refractivity contribution is 8.01. The molecule has 0 spiro atoms. The normalized spacial score (nSPS) is 30.5. The summed E-state index contributed by atoms with van der Waals surface area (Å²) in [7, 11) is 1.48. The van der Waals surface area contributed by atoms with Crippen molar-refractivity contribution in [3.8, 4) is 0 Å². The van der Waals surface area contributed by atoms with E-state index in [0.29, 0.717) is 11.3 Å². The van der Waals surface area contributed by atoms with Crippen molar-refractivity contribution in [3.63, 3.8) is 0 Å². The minimum Gasteiger partial charge on any atom is -0.468 e. The van der Waals surface area contributed by atoms with Crippen molar-refractivity contribution in [2.24, 2.45) is 0 Å². The Balaban J connectivity index is 1.67. The Morgan fingerprint density at radius 1 is 1.58 bits per heavy atom. The number of esters is 1. The Kier molecular flexibility index (Phi) is 3.77. The summed E-state index contributed by atoms with van der Waals surface area (Å²) in [6.45, 7) is 0. The maximum Gasteiger partial charge on any atom is 0.326 e. The Morgan fingerprint density at radius 2 is 2.42 bits per heavy atom. The summed E-state index contributed by atoms with van der Waals surface area (Å²) >= 11 is 3.15. The number of hydrogen-bond donors (Lipinski definition) is 1. The number of methoxy groups -OCH3 is 1. The van der Waals surface area contributed by atoms with Crippen molar-refractivity contribution in [2.45, 2.75) is 53.3 Å². The minimum absolute atomic E-state index is 0.111. The number of nitrogens with one attached hydrogen (secondary N) is 1. The lowest BCUT2D eigenvalue weighted by molar-refractivity contribution is -0.148. The second kappa shape index (κ2) is 5.38. The maximum absolute atomic E-state index is 12.1. The number of carbonyl (C=O) groups is 1. The molecule has 19 heavy (non-hydrogen) atoms. The van der Waals surface area contributed by atoms with Crippen molar-refractivity contribution in [1.29, 1.82) is 0 Å². The topological polar surface area (TPSA) is 64.1 Å². The van der Waals surface area contributed by atoms with E-state index < -0.39 is 5.54 Å². The van der Waals surface area contributed by atoms with E-state index >= 15 is 0 Å². The third kappa shape index (κ3) is 2.93. The van der Waals surface area contributed by atoms with Crippen LogP contribution in [0.5, 0.6) is 0 Å². The number of thioether (sulfide) groups is 1. The zero-order valence-electron chi connectivity index (χ0n) is 10.8. The predicted molar refractivity (Wildman–Crippen MR) is 74.3 cm³/mol. The lowest BCUT2D eigenvalue weighted by Gasteiger charge is -2.27. The molecule has 0 bridgehead atoms. The predicted octanol–water partition coefficient (Wildman–Crippen LogP) is 1.85. The van der Waals surface area contributed by atoms with Gasteiger partial charge in [0.1, 0.15) is 11.9 Å². The highest BCUT2D eigenvalue weighted by Crippen LogP contribution is 2.42. The first-order valence-corrected chi connectivity index (χ1v) is 8.16. The largest absolute Gasteiger partial charge is 0.468 e. The lowest BCUT2D eigenvalue weighted by Crippen LogP contribution is -2.52. The third-order valence-corrected chi connectivity index (χ3v) is 5.73. The van der Waals surface area contributed by atoms with Crippen LogP contribution in [0.25, 0.3) is 0 Å². The van der Waals surface area contributed by atoms with E-state index in [2.05, 4.69) is 14.7 Å². The first-order valence-electron chi connectivity index (χ1n) is 6.51. The maximum atomic E-state index is 12.1. The third-order valence-electron chi connectivity index (χ3n) is 3.71. The SMILES string of the molecule is COC(=O)C1(NC2CC2)CCC(Sc2ncns2)C1. The van der Waals surface area contributed by atoms with Crippen LogP contribution >= 0.6 is 23.3 Å². The molecule has 0 amide bonds. The van der Waals surface area contributed by atoms with Crippen LogP contribution < -0.4 is 5.32 Å². The van der Waals surface area contributed by atoms with Crippen molar-refractivity contribution < 1.29 is 9.53 Å². The van der Waals surface area contributed by atoms with Crippen molar-refractivity contribution in [1.82, 2.24) is 14.7 Å². The zero-order valence-corrected chi connectivity index (χ0v) is 12.4. The van der Waals surface area contributed by atoms with Crippen LogP contribution in [0.15, 0.2) is 10.7 Å². The molecule has 2 fully saturated rings. The molecule has 1 N–H and O–H groups in total. The molecule has 5 nitrogen and oxygen atoms in total. The van der Waals surface area contributed by atoms with Gasteiger partial charge in [0.25, 0.3) is 0 Å². The van der Waals surface area contributed by atoms with E-state index in [1.165, 1.54) is 31.5 Å². The molecule has 2 aliphatic carbocycles. The monoisotopic (exact) mass is 299 g/mol. The van der Waals surface area contributed by atoms with Gasteiger partial charge in [-0.3, -0.25) is 10.1 Å². The number of carbonyl (C=O) groups excluding carboxylic acids is 1. The van der Waals surface area contributed by atoms with E-state index in [1.807, 2.05) is 0 Å². The van der Waals surface area contributed by atoms with Gasteiger partial charge in [0.15, 0.2) is 4.34 Å². The number of rotatable bonds is 5. The molecule has 104 valence electrons. The molecule has 2 unspecified atom stereocenters. The summed E-state index contributed by atoms with van der Waals surface area (Å²) < 4.78 is 10.0. The molecular weight excluding hydrogens is 282 g/mol. The summed E-state index contributed by atoms with van der Waals surface area (Å²) in [6.07, 6.45) is 6.62. The van der Waals surface area contributed by atoms with E-state index in [1.54, 1.807) is 18.1 Å². The fourth-order valence-corrected chi connectivity index (χ4v) is 4.63. The fourth-order valence-electron chi connectivity index (χ4n) is 2.65. The standard InChI is InChI=1S/C12H17N3O2S2/c1-17-10(16)12(15-8-2-3-8)5-4-9(6-12)18-11-13-7-14-19-11/h7-9,15H,2-6H2,1H3. The van der Waals surface area contributed by atoms with Gasteiger partial charge in [-0.05, 0) is 43.6 Å². The molecule has 1 heterocycles. The minimum atomic E-state index is -0.474. The van der Waals surface area contributed by atoms with E-state index in [4.69, 9.17) is 4.74 Å². The Labute approximate surface area is 120 Å². The molecule has 1 aromatic heterocycles. The second-order valence-electron chi connectivity index (χ2n) is 5.18. The number of aromatic nitrogens is 2. The summed E-state index contributed by atoms with van der Waals surface area (Å²) in [5.41, 5.74) is -0.474. The average Bonchev–Trinajstić information content (AvgIpc) is 2.91. The van der Waals surface area contributed by atoms with E-state index in [0.717, 1.165) is 23.6 Å². The lowest BCUT2D eigenvalue weighted by atomic mass is 9.97. The number of ether oxygens (including phenoxy) is 1. The van der Waals surface area contributed by atoms with Gasteiger partial charge in [0.05, 0.1) is 7.11 Å². The molecular formula is C12H17N3O2S2. The van der Waals surface area contributed by atoms with Crippen LogP contribution in [0.4, 0.5) is 0 Å². The van der Waals surface area contributed by atoms with Gasteiger partial charge in [-0.2, -0.15) is 4.37 Å². The second-order valence-corrected chi connectivity index (χ2v) is 7.51. The van der Waals surface area contributed by atoms with Gasteiger partial charge < -0.3 is 4.74 Å². The summed E-state index contributed by atoms with van der Waals surface area (Å²) in [5.74, 6) is -0.111. The summed E-state index contributed by atoms with van der Waals surface area (Å²) in [5, 5.41) is 3.92. The highest BCUT2D eigenvalue weighted by atomic mass is 32.2. The van der Waals surface area contributed by atoms with Crippen LogP contribution in [-0.4, -0.2) is 39.3 Å². The molecule has 0 radical (unpaired) electrons. The summed E-state index contributed by atoms with van der Waals surface area (Å²) in [6, 6.07) is 0.504.